The fourth-order valence-electron chi connectivity index (χ4n) is 10.9. The van der Waals surface area contributed by atoms with Crippen LogP contribution < -0.4 is 0 Å². The van der Waals surface area contributed by atoms with E-state index in [9.17, 15) is 24.3 Å². The van der Waals surface area contributed by atoms with Crippen LogP contribution in [0.1, 0.15) is 52.9 Å². The third-order valence-electron chi connectivity index (χ3n) is 12.9. The fraction of sp³-hybridized carbons (Fsp3) is 0.786. The lowest BCUT2D eigenvalue weighted by Crippen LogP contribution is -2.79. The molecule has 2 saturated carbocycles. The molecule has 38 heavy (non-hydrogen) atoms. The smallest absolute Gasteiger partial charge is 0.342 e. The second kappa shape index (κ2) is 5.82. The van der Waals surface area contributed by atoms with Gasteiger partial charge in [0.2, 0.25) is 5.79 Å². The lowest BCUT2D eigenvalue weighted by atomic mass is 9.46. The molecule has 1 N–H and O–H groups in total. The van der Waals surface area contributed by atoms with Crippen LogP contribution in [0.2, 0.25) is 0 Å². The van der Waals surface area contributed by atoms with Gasteiger partial charge in [-0.3, -0.25) is 14.4 Å². The van der Waals surface area contributed by atoms with Gasteiger partial charge in [0.1, 0.15) is 11.7 Å². The van der Waals surface area contributed by atoms with Crippen LogP contribution in [0.4, 0.5) is 0 Å². The number of hydrogen-bond acceptors (Lipinski definition) is 10. The maximum Gasteiger partial charge on any atom is 0.342 e. The minimum Gasteiger partial charge on any atom is -0.458 e. The van der Waals surface area contributed by atoms with Crippen LogP contribution in [0.3, 0.4) is 0 Å². The van der Waals surface area contributed by atoms with Gasteiger partial charge in [0.05, 0.1) is 30.0 Å². The Morgan fingerprint density at radius 3 is 2.63 bits per heavy atom. The monoisotopic (exact) mass is 526 g/mol. The molecule has 0 unspecified atom stereocenters. The Balaban J connectivity index is 1.34. The van der Waals surface area contributed by atoms with Crippen LogP contribution in [-0.4, -0.2) is 75.6 Å². The molecule has 8 fully saturated rings. The first-order valence-electron chi connectivity index (χ1n) is 13.8. The third-order valence-corrected chi connectivity index (χ3v) is 12.9. The van der Waals surface area contributed by atoms with Gasteiger partial charge in [0.25, 0.3) is 0 Å². The zero-order valence-electron chi connectivity index (χ0n) is 21.5. The molecule has 0 aromatic carbocycles. The molecule has 0 radical (unpaired) electrons. The summed E-state index contributed by atoms with van der Waals surface area (Å²) in [5, 5.41) is 12.4. The summed E-state index contributed by atoms with van der Waals surface area (Å²) in [7, 11) is 0. The number of carbonyl (C=O) groups is 4. The van der Waals surface area contributed by atoms with Crippen LogP contribution in [0.25, 0.3) is 0 Å². The number of rotatable bonds is 0. The first-order valence-corrected chi connectivity index (χ1v) is 13.8. The van der Waals surface area contributed by atoms with Crippen molar-refractivity contribution in [3.8, 4) is 0 Å². The van der Waals surface area contributed by atoms with E-state index in [0.29, 0.717) is 12.8 Å². The fourth-order valence-corrected chi connectivity index (χ4v) is 10.9. The molecule has 3 aliphatic carbocycles. The van der Waals surface area contributed by atoms with E-state index in [-0.39, 0.29) is 43.5 Å². The maximum atomic E-state index is 14.9. The Kier molecular flexibility index (Phi) is 3.47. The summed E-state index contributed by atoms with van der Waals surface area (Å²) in [4.78, 5) is 55.6. The number of allylic oxidation sites excluding steroid dienone is 1. The number of Topliss-reactive ketones (excluding diaryl/α,β-unsaturated/α-hetero) is 1. The van der Waals surface area contributed by atoms with Crippen molar-refractivity contribution in [1.29, 1.82) is 0 Å². The van der Waals surface area contributed by atoms with Gasteiger partial charge >= 0.3 is 11.9 Å². The number of esters is 2. The number of ketones is 2. The van der Waals surface area contributed by atoms with Crippen molar-refractivity contribution in [2.24, 2.45) is 34.5 Å². The van der Waals surface area contributed by atoms with Crippen molar-refractivity contribution >= 4 is 23.5 Å². The highest BCUT2D eigenvalue weighted by Crippen LogP contribution is 2.77. The zero-order valence-corrected chi connectivity index (χ0v) is 21.5. The molecule has 202 valence electrons. The van der Waals surface area contributed by atoms with E-state index < -0.39 is 80.7 Å². The van der Waals surface area contributed by atoms with Crippen molar-refractivity contribution in [3.05, 3.63) is 12.2 Å². The summed E-state index contributed by atoms with van der Waals surface area (Å²) in [6, 6.07) is 0. The number of hydrogen-bond donors (Lipinski definition) is 1. The molecule has 0 aromatic rings. The summed E-state index contributed by atoms with van der Waals surface area (Å²) in [6.07, 6.45) is 3.82. The van der Waals surface area contributed by atoms with Gasteiger partial charge in [-0.1, -0.05) is 13.0 Å². The lowest BCUT2D eigenvalue weighted by molar-refractivity contribution is -0.375. The highest BCUT2D eigenvalue weighted by atomic mass is 16.8. The molecule has 10 nitrogen and oxygen atoms in total. The normalized spacial score (nSPS) is 64.1. The number of carbonyl (C=O) groups excluding carboxylic acids is 4. The maximum absolute atomic E-state index is 14.9. The summed E-state index contributed by atoms with van der Waals surface area (Å²) >= 11 is 0. The predicted octanol–water partition coefficient (Wildman–Crippen LogP) is 0.768. The highest BCUT2D eigenvalue weighted by molar-refractivity contribution is 6.00. The molecule has 5 bridgehead atoms. The van der Waals surface area contributed by atoms with E-state index in [4.69, 9.17) is 23.7 Å². The lowest BCUT2D eigenvalue weighted by Gasteiger charge is -2.63. The number of ether oxygens (including phenoxy) is 5. The molecule has 10 heteroatoms. The summed E-state index contributed by atoms with van der Waals surface area (Å²) < 4.78 is 31.5. The number of epoxide rings is 1. The molecule has 3 spiro atoms. The van der Waals surface area contributed by atoms with E-state index in [1.54, 1.807) is 13.0 Å². The van der Waals surface area contributed by atoms with Crippen molar-refractivity contribution in [2.75, 3.05) is 6.61 Å². The molecule has 0 aromatic heterocycles. The molecule has 6 saturated heterocycles. The Labute approximate surface area is 218 Å². The molecule has 9 aliphatic rings. The van der Waals surface area contributed by atoms with E-state index in [2.05, 4.69) is 0 Å². The van der Waals surface area contributed by atoms with Crippen LogP contribution >= 0.6 is 0 Å². The standard InChI is InChI=1S/C28H30O10/c1-22-10-17-24(3)28-18(22)19(30)27(38-28,34-11-14(22)20(31)35-17)13-9-16-26(36-16)7-4-5-15(29)23(26,2)12(13)6-8-25(28,33)21(32)37-24/h4-5,12-14,16-18,33H,6-11H2,1-3H3/t12-,13+,14-,16-,17+,18-,22+,23-,24-,25+,26-,27+,28-/m0/s1. The van der Waals surface area contributed by atoms with Crippen LogP contribution in [0.15, 0.2) is 12.2 Å². The van der Waals surface area contributed by atoms with E-state index >= 15 is 0 Å². The average Bonchev–Trinajstić information content (AvgIpc) is 3.45. The third kappa shape index (κ3) is 1.79. The minimum absolute atomic E-state index is 0.0583. The first kappa shape index (κ1) is 22.7. The van der Waals surface area contributed by atoms with Crippen molar-refractivity contribution in [2.45, 2.75) is 93.3 Å². The van der Waals surface area contributed by atoms with Gasteiger partial charge < -0.3 is 28.8 Å². The quantitative estimate of drug-likeness (QED) is 0.356. The van der Waals surface area contributed by atoms with Gasteiger partial charge in [-0.05, 0) is 63.4 Å². The van der Waals surface area contributed by atoms with Crippen LogP contribution in [0.5, 0.6) is 0 Å². The van der Waals surface area contributed by atoms with Crippen molar-refractivity contribution < 1.29 is 48.0 Å². The topological polar surface area (TPSA) is 138 Å². The van der Waals surface area contributed by atoms with Gasteiger partial charge in [0, 0.05) is 5.92 Å². The minimum atomic E-state index is -2.19. The zero-order chi connectivity index (χ0) is 26.5. The van der Waals surface area contributed by atoms with Crippen LogP contribution in [-0.2, 0) is 42.9 Å². The van der Waals surface area contributed by atoms with Crippen LogP contribution in [0, 0.1) is 34.5 Å². The molecule has 0 amide bonds. The molecule has 6 heterocycles. The van der Waals surface area contributed by atoms with Gasteiger partial charge in [-0.2, -0.15) is 0 Å². The number of aliphatic hydroxyl groups is 1. The summed E-state index contributed by atoms with van der Waals surface area (Å²) in [6.45, 7) is 5.27. The summed E-state index contributed by atoms with van der Waals surface area (Å²) in [5.41, 5.74) is -8.23. The Morgan fingerprint density at radius 1 is 1.05 bits per heavy atom. The molecular weight excluding hydrogens is 496 g/mol. The van der Waals surface area contributed by atoms with Gasteiger partial charge in [-0.25, -0.2) is 4.79 Å². The Bertz CT molecular complexity index is 1340. The molecular formula is C28H30O10. The SMILES string of the molecule is C[C@@]12C[C@H]3OC(=O)[C@@H]1CO[C@]14O[C@]5([C@H]2C1=O)[C@@](O)(CC[C@H]1[C@H]4C[C@@H]2O[C@@]24CC=CC(=O)[C@]14C)C(=O)O[C@@]35C. The van der Waals surface area contributed by atoms with Crippen molar-refractivity contribution in [3.63, 3.8) is 0 Å². The van der Waals surface area contributed by atoms with E-state index in [1.807, 2.05) is 19.9 Å². The van der Waals surface area contributed by atoms with Gasteiger partial charge in [0.15, 0.2) is 28.4 Å². The Morgan fingerprint density at radius 2 is 1.84 bits per heavy atom. The number of fused-ring (bicyclic) bond motifs is 4. The predicted molar refractivity (Wildman–Crippen MR) is 122 cm³/mol. The average molecular weight is 527 g/mol. The second-order valence-electron chi connectivity index (χ2n) is 13.8. The highest BCUT2D eigenvalue weighted by Gasteiger charge is 2.94. The first-order chi connectivity index (χ1) is 17.9. The van der Waals surface area contributed by atoms with Crippen molar-refractivity contribution in [1.82, 2.24) is 0 Å². The molecule has 6 aliphatic heterocycles. The second-order valence-corrected chi connectivity index (χ2v) is 13.8. The molecule has 9 rings (SSSR count). The summed E-state index contributed by atoms with van der Waals surface area (Å²) in [5.74, 6) is -6.56. The van der Waals surface area contributed by atoms with Gasteiger partial charge in [-0.15, -0.1) is 0 Å². The van der Waals surface area contributed by atoms with E-state index in [1.165, 1.54) is 0 Å². The largest absolute Gasteiger partial charge is 0.458 e. The Hall–Kier alpha value is -2.14. The molecule has 13 atom stereocenters. The van der Waals surface area contributed by atoms with E-state index in [0.717, 1.165) is 0 Å².